The highest BCUT2D eigenvalue weighted by atomic mass is 127. The number of aldehydes is 1. The van der Waals surface area contributed by atoms with Crippen molar-refractivity contribution in [1.29, 1.82) is 0 Å². The molecule has 0 unspecified atom stereocenters. The van der Waals surface area contributed by atoms with Gasteiger partial charge in [0, 0.05) is 6.20 Å². The minimum absolute atomic E-state index is 0.0471. The number of hydrogen-bond acceptors (Lipinski definition) is 3. The number of aromatic nitrogens is 1. The molecule has 0 spiro atoms. The van der Waals surface area contributed by atoms with Gasteiger partial charge in [0.2, 0.25) is 0 Å². The first-order valence-corrected chi connectivity index (χ1v) is 5.01. The zero-order valence-corrected chi connectivity index (χ0v) is 9.92. The van der Waals surface area contributed by atoms with E-state index in [0.717, 1.165) is 0 Å². The molecule has 17 heavy (non-hydrogen) atoms. The van der Waals surface area contributed by atoms with Gasteiger partial charge in [-0.05, 0) is 22.6 Å². The topological polar surface area (TPSA) is 39.2 Å². The van der Waals surface area contributed by atoms with Gasteiger partial charge in [-0.25, -0.2) is 8.78 Å². The van der Waals surface area contributed by atoms with E-state index in [1.54, 1.807) is 0 Å². The maximum Gasteiger partial charge on any atom is 0.573 e. The predicted molar refractivity (Wildman–Crippen MR) is 54.0 cm³/mol. The molecule has 0 aliphatic carbocycles. The van der Waals surface area contributed by atoms with Gasteiger partial charge in [0.05, 0.1) is 9.13 Å². The summed E-state index contributed by atoms with van der Waals surface area (Å²) in [6.45, 7) is 0. The van der Waals surface area contributed by atoms with Crippen LogP contribution in [0.4, 0.5) is 22.0 Å². The molecule has 0 amide bonds. The first kappa shape index (κ1) is 14.1. The number of halogens is 6. The van der Waals surface area contributed by atoms with Crippen LogP contribution in [0.5, 0.6) is 5.75 Å². The molecule has 9 heteroatoms. The Balaban J connectivity index is 3.32. The first-order chi connectivity index (χ1) is 7.76. The van der Waals surface area contributed by atoms with Crippen molar-refractivity contribution in [3.05, 3.63) is 21.0 Å². The highest BCUT2D eigenvalue weighted by Crippen LogP contribution is 2.34. The van der Waals surface area contributed by atoms with Gasteiger partial charge in [-0.1, -0.05) is 0 Å². The predicted octanol–water partition coefficient (Wildman–Crippen LogP) is 3.33. The summed E-state index contributed by atoms with van der Waals surface area (Å²) in [6.07, 6.45) is -7.47. The van der Waals surface area contributed by atoms with Crippen LogP contribution in [0.3, 0.4) is 0 Å². The highest BCUT2D eigenvalue weighted by molar-refractivity contribution is 14.1. The zero-order valence-electron chi connectivity index (χ0n) is 7.76. The third-order valence-corrected chi connectivity index (χ3v) is 2.62. The summed E-state index contributed by atoms with van der Waals surface area (Å²) >= 11 is 1.22. The Kier molecular flexibility index (Phi) is 4.22. The van der Waals surface area contributed by atoms with Crippen LogP contribution in [0, 0.1) is 3.57 Å². The fourth-order valence-corrected chi connectivity index (χ4v) is 1.75. The molecule has 0 atom stereocenters. The van der Waals surface area contributed by atoms with Crippen LogP contribution < -0.4 is 4.74 Å². The Labute approximate surface area is 105 Å². The van der Waals surface area contributed by atoms with Gasteiger partial charge in [0.25, 0.3) is 6.43 Å². The van der Waals surface area contributed by atoms with E-state index in [-0.39, 0.29) is 6.29 Å². The Morgan fingerprint density at radius 3 is 2.41 bits per heavy atom. The molecule has 0 radical (unpaired) electrons. The van der Waals surface area contributed by atoms with E-state index >= 15 is 0 Å². The molecule has 0 bridgehead atoms. The molecule has 0 aliphatic heterocycles. The highest BCUT2D eigenvalue weighted by Gasteiger charge is 2.34. The van der Waals surface area contributed by atoms with Crippen LogP contribution in [-0.4, -0.2) is 17.6 Å². The van der Waals surface area contributed by atoms with Crippen molar-refractivity contribution in [3.8, 4) is 5.75 Å². The molecule has 1 aromatic rings. The third-order valence-electron chi connectivity index (χ3n) is 1.58. The molecule has 1 rings (SSSR count). The standard InChI is InChI=1S/C8H3F5INO2/c9-7(10)5-4(14)6(17-8(11,12)13)3(2-16)1-15-5/h1-2,7H. The quantitative estimate of drug-likeness (QED) is 0.468. The van der Waals surface area contributed by atoms with Gasteiger partial charge >= 0.3 is 6.36 Å². The Bertz CT molecular complexity index is 435. The second-order valence-electron chi connectivity index (χ2n) is 2.71. The minimum Gasteiger partial charge on any atom is -0.404 e. The minimum atomic E-state index is -5.07. The smallest absolute Gasteiger partial charge is 0.404 e. The van der Waals surface area contributed by atoms with Crippen LogP contribution in [0.2, 0.25) is 0 Å². The molecule has 1 aromatic heterocycles. The summed E-state index contributed by atoms with van der Waals surface area (Å²) in [5.74, 6) is -0.960. The van der Waals surface area contributed by atoms with Crippen molar-refractivity contribution in [2.24, 2.45) is 0 Å². The number of rotatable bonds is 3. The molecular weight excluding hydrogens is 364 g/mol. The third kappa shape index (κ3) is 3.48. The average Bonchev–Trinajstić information content (AvgIpc) is 2.18. The monoisotopic (exact) mass is 367 g/mol. The lowest BCUT2D eigenvalue weighted by Crippen LogP contribution is -2.19. The lowest BCUT2D eigenvalue weighted by molar-refractivity contribution is -0.275. The number of alkyl halides is 5. The number of carbonyl (C=O) groups is 1. The second kappa shape index (κ2) is 5.10. The van der Waals surface area contributed by atoms with Crippen LogP contribution in [-0.2, 0) is 0 Å². The van der Waals surface area contributed by atoms with Gasteiger partial charge in [-0.3, -0.25) is 9.78 Å². The van der Waals surface area contributed by atoms with Gasteiger partial charge in [-0.2, -0.15) is 0 Å². The van der Waals surface area contributed by atoms with Crippen molar-refractivity contribution in [1.82, 2.24) is 4.98 Å². The largest absolute Gasteiger partial charge is 0.573 e. The van der Waals surface area contributed by atoms with E-state index < -0.39 is 33.4 Å². The van der Waals surface area contributed by atoms with Crippen LogP contribution in [0.1, 0.15) is 22.5 Å². The van der Waals surface area contributed by atoms with Gasteiger partial charge in [0.15, 0.2) is 12.0 Å². The fourth-order valence-electron chi connectivity index (χ4n) is 0.953. The van der Waals surface area contributed by atoms with Gasteiger partial charge in [0.1, 0.15) is 5.69 Å². The molecule has 3 nitrogen and oxygen atoms in total. The molecule has 0 aromatic carbocycles. The SMILES string of the molecule is O=Cc1cnc(C(F)F)c(I)c1OC(F)(F)F. The molecule has 0 aliphatic rings. The maximum absolute atomic E-state index is 12.4. The molecule has 0 fully saturated rings. The fraction of sp³-hybridized carbons (Fsp3) is 0.250. The second-order valence-corrected chi connectivity index (χ2v) is 3.79. The summed E-state index contributed by atoms with van der Waals surface area (Å²) in [5, 5.41) is 0. The molecular formula is C8H3F5INO2. The van der Waals surface area contributed by atoms with Crippen molar-refractivity contribution < 1.29 is 31.5 Å². The van der Waals surface area contributed by atoms with E-state index in [2.05, 4.69) is 9.72 Å². The first-order valence-electron chi connectivity index (χ1n) is 3.93. The average molecular weight is 367 g/mol. The van der Waals surface area contributed by atoms with E-state index in [0.29, 0.717) is 6.20 Å². The molecule has 94 valence electrons. The van der Waals surface area contributed by atoms with Crippen molar-refractivity contribution in [2.75, 3.05) is 0 Å². The maximum atomic E-state index is 12.4. The number of ether oxygens (including phenoxy) is 1. The number of nitrogens with zero attached hydrogens (tertiary/aromatic N) is 1. The van der Waals surface area contributed by atoms with E-state index in [9.17, 15) is 26.7 Å². The molecule has 0 N–H and O–H groups in total. The number of pyridine rings is 1. The van der Waals surface area contributed by atoms with Crippen LogP contribution in [0.15, 0.2) is 6.20 Å². The van der Waals surface area contributed by atoms with Crippen molar-refractivity contribution in [2.45, 2.75) is 12.8 Å². The van der Waals surface area contributed by atoms with E-state index in [1.165, 1.54) is 22.6 Å². The summed E-state index contributed by atoms with van der Waals surface area (Å²) in [4.78, 5) is 13.7. The van der Waals surface area contributed by atoms with Crippen molar-refractivity contribution in [3.63, 3.8) is 0 Å². The number of hydrogen-bond donors (Lipinski definition) is 0. The summed E-state index contributed by atoms with van der Waals surface area (Å²) in [5.41, 5.74) is -1.41. The lowest BCUT2D eigenvalue weighted by Gasteiger charge is -2.14. The molecule has 1 heterocycles. The van der Waals surface area contributed by atoms with Gasteiger partial charge in [-0.15, -0.1) is 13.2 Å². The summed E-state index contributed by atoms with van der Waals surface area (Å²) < 4.78 is 63.8. The summed E-state index contributed by atoms with van der Waals surface area (Å²) in [7, 11) is 0. The number of carbonyl (C=O) groups excluding carboxylic acids is 1. The molecule has 0 saturated heterocycles. The Morgan fingerprint density at radius 1 is 1.41 bits per heavy atom. The van der Waals surface area contributed by atoms with E-state index in [4.69, 9.17) is 0 Å². The van der Waals surface area contributed by atoms with E-state index in [1.807, 2.05) is 0 Å². The van der Waals surface area contributed by atoms with Crippen LogP contribution >= 0.6 is 22.6 Å². The molecule has 0 saturated carbocycles. The normalized spacial score (nSPS) is 11.7. The summed E-state index contributed by atoms with van der Waals surface area (Å²) in [6, 6.07) is 0. The Hall–Kier alpha value is -1.00. The van der Waals surface area contributed by atoms with Gasteiger partial charge < -0.3 is 4.74 Å². The van der Waals surface area contributed by atoms with Crippen LogP contribution in [0.25, 0.3) is 0 Å². The van der Waals surface area contributed by atoms with Crippen molar-refractivity contribution >= 4 is 28.9 Å². The Morgan fingerprint density at radius 2 is 2.00 bits per heavy atom. The zero-order chi connectivity index (χ0) is 13.2. The lowest BCUT2D eigenvalue weighted by atomic mass is 10.2.